The topological polar surface area (TPSA) is 41.0 Å². The summed E-state index contributed by atoms with van der Waals surface area (Å²) in [5.74, 6) is -0.316. The maximum Gasteiger partial charge on any atom is 0.173 e. The summed E-state index contributed by atoms with van der Waals surface area (Å²) >= 11 is 3.00. The molecule has 1 N–H and O–H groups in total. The van der Waals surface area contributed by atoms with E-state index < -0.39 is 0 Å². The Kier molecular flexibility index (Phi) is 5.85. The SMILES string of the molecule is CCN1CCCC1C.Fc1c(Nc2ccnc3sccc23)ccc2scnc12. The lowest BCUT2D eigenvalue weighted by Crippen LogP contribution is -2.25. The number of hydrogen-bond acceptors (Lipinski definition) is 6. The van der Waals surface area contributed by atoms with Gasteiger partial charge in [-0.05, 0) is 62.5 Å². The molecule has 1 aliphatic rings. The molecule has 7 heteroatoms. The molecule has 146 valence electrons. The first-order valence-corrected chi connectivity index (χ1v) is 11.3. The molecule has 4 nitrogen and oxygen atoms in total. The van der Waals surface area contributed by atoms with Crippen molar-refractivity contribution in [3.8, 4) is 0 Å². The molecule has 1 unspecified atom stereocenters. The monoisotopic (exact) mass is 414 g/mol. The Bertz CT molecular complexity index is 1070. The number of thiophene rings is 1. The van der Waals surface area contributed by atoms with Crippen LogP contribution in [0.3, 0.4) is 0 Å². The summed E-state index contributed by atoms with van der Waals surface area (Å²) in [6.07, 6.45) is 4.54. The van der Waals surface area contributed by atoms with E-state index in [9.17, 15) is 4.39 Å². The van der Waals surface area contributed by atoms with E-state index in [1.54, 1.807) is 29.1 Å². The van der Waals surface area contributed by atoms with Gasteiger partial charge in [-0.3, -0.25) is 0 Å². The highest BCUT2D eigenvalue weighted by molar-refractivity contribution is 7.17. The number of fused-ring (bicyclic) bond motifs is 2. The highest BCUT2D eigenvalue weighted by atomic mass is 32.1. The third-order valence-electron chi connectivity index (χ3n) is 5.17. The van der Waals surface area contributed by atoms with E-state index >= 15 is 0 Å². The molecule has 0 aliphatic carbocycles. The summed E-state index contributed by atoms with van der Waals surface area (Å²) in [4.78, 5) is 11.8. The molecule has 1 fully saturated rings. The molecule has 28 heavy (non-hydrogen) atoms. The number of halogens is 1. The fourth-order valence-electron chi connectivity index (χ4n) is 3.59. The minimum absolute atomic E-state index is 0.316. The Labute approximate surface area is 172 Å². The predicted octanol–water partition coefficient (Wildman–Crippen LogP) is 6.28. The van der Waals surface area contributed by atoms with Crippen LogP contribution >= 0.6 is 22.7 Å². The van der Waals surface area contributed by atoms with Gasteiger partial charge < -0.3 is 10.2 Å². The standard InChI is InChI=1S/C14H8FN3S2.C7H15N/c15-12-10(1-2-11-13(12)17-7-20-11)18-9-3-5-16-14-8(9)4-6-19-14;1-3-8-6-4-5-7(8)2/h1-7H,(H,16,18);7H,3-6H2,1-2H3. The molecule has 4 heterocycles. The van der Waals surface area contributed by atoms with Gasteiger partial charge in [-0.2, -0.15) is 0 Å². The van der Waals surface area contributed by atoms with Crippen molar-refractivity contribution in [2.24, 2.45) is 0 Å². The third-order valence-corrected chi connectivity index (χ3v) is 6.79. The predicted molar refractivity (Wildman–Crippen MR) is 118 cm³/mol. The first-order chi connectivity index (χ1) is 13.7. The van der Waals surface area contributed by atoms with Crippen molar-refractivity contribution in [2.75, 3.05) is 18.4 Å². The molecule has 1 atom stereocenters. The van der Waals surface area contributed by atoms with Crippen molar-refractivity contribution in [1.29, 1.82) is 0 Å². The molecule has 0 radical (unpaired) electrons. The number of hydrogen-bond donors (Lipinski definition) is 1. The van der Waals surface area contributed by atoms with Gasteiger partial charge in [0.05, 0.1) is 21.6 Å². The maximum absolute atomic E-state index is 14.4. The summed E-state index contributed by atoms with van der Waals surface area (Å²) in [6, 6.07) is 8.31. The van der Waals surface area contributed by atoms with Crippen LogP contribution in [-0.4, -0.2) is 34.0 Å². The largest absolute Gasteiger partial charge is 0.352 e. The van der Waals surface area contributed by atoms with E-state index in [4.69, 9.17) is 0 Å². The first-order valence-electron chi connectivity index (χ1n) is 9.52. The normalized spacial score (nSPS) is 17.0. The molecule has 1 aromatic carbocycles. The molecule has 0 amide bonds. The van der Waals surface area contributed by atoms with Crippen molar-refractivity contribution in [3.05, 3.63) is 47.2 Å². The minimum Gasteiger partial charge on any atom is -0.352 e. The third kappa shape index (κ3) is 3.87. The van der Waals surface area contributed by atoms with E-state index in [1.807, 2.05) is 23.6 Å². The summed E-state index contributed by atoms with van der Waals surface area (Å²) in [6.45, 7) is 7.12. The Morgan fingerprint density at radius 3 is 2.82 bits per heavy atom. The zero-order valence-corrected chi connectivity index (χ0v) is 17.6. The summed E-state index contributed by atoms with van der Waals surface area (Å²) in [5.41, 5.74) is 3.35. The quantitative estimate of drug-likeness (QED) is 0.428. The molecule has 0 spiro atoms. The van der Waals surface area contributed by atoms with Gasteiger partial charge in [0.25, 0.3) is 0 Å². The Balaban J connectivity index is 0.000000203. The number of rotatable bonds is 3. The van der Waals surface area contributed by atoms with E-state index in [0.717, 1.165) is 26.6 Å². The number of nitrogens with one attached hydrogen (secondary N) is 1. The number of thiazole rings is 1. The van der Waals surface area contributed by atoms with Crippen LogP contribution in [0.1, 0.15) is 26.7 Å². The van der Waals surface area contributed by atoms with Crippen LogP contribution in [0, 0.1) is 5.82 Å². The Hall–Kier alpha value is -2.09. The molecule has 4 aromatic rings. The van der Waals surface area contributed by atoms with Crippen LogP contribution in [0.25, 0.3) is 20.4 Å². The second-order valence-corrected chi connectivity index (χ2v) is 8.65. The zero-order chi connectivity index (χ0) is 19.5. The fraction of sp³-hybridized carbons (Fsp3) is 0.333. The van der Waals surface area contributed by atoms with Crippen LogP contribution in [0.5, 0.6) is 0 Å². The van der Waals surface area contributed by atoms with Crippen molar-refractivity contribution in [2.45, 2.75) is 32.7 Å². The van der Waals surface area contributed by atoms with Crippen LogP contribution < -0.4 is 5.32 Å². The number of benzene rings is 1. The van der Waals surface area contributed by atoms with Crippen LogP contribution in [0.15, 0.2) is 41.4 Å². The lowest BCUT2D eigenvalue weighted by molar-refractivity contribution is 0.284. The second-order valence-electron chi connectivity index (χ2n) is 6.87. The van der Waals surface area contributed by atoms with Gasteiger partial charge in [0.1, 0.15) is 10.3 Å². The van der Waals surface area contributed by atoms with E-state index in [1.165, 1.54) is 37.3 Å². The molecule has 1 aliphatic heterocycles. The van der Waals surface area contributed by atoms with Gasteiger partial charge in [0.2, 0.25) is 0 Å². The van der Waals surface area contributed by atoms with Gasteiger partial charge in [-0.15, -0.1) is 22.7 Å². The molecular formula is C21H23FN4S2. The van der Waals surface area contributed by atoms with Gasteiger partial charge >= 0.3 is 0 Å². The highest BCUT2D eigenvalue weighted by Gasteiger charge is 2.17. The average molecular weight is 415 g/mol. The number of anilines is 2. The van der Waals surface area contributed by atoms with Crippen molar-refractivity contribution >= 4 is 54.5 Å². The fourth-order valence-corrected chi connectivity index (χ4v) is 5.02. The number of likely N-dealkylation sites (tertiary alicyclic amines) is 1. The van der Waals surface area contributed by atoms with Gasteiger partial charge in [-0.1, -0.05) is 6.92 Å². The molecule has 3 aromatic heterocycles. The second kappa shape index (κ2) is 8.51. The number of aromatic nitrogens is 2. The van der Waals surface area contributed by atoms with Crippen LogP contribution in [-0.2, 0) is 0 Å². The van der Waals surface area contributed by atoms with Crippen LogP contribution in [0.4, 0.5) is 15.8 Å². The van der Waals surface area contributed by atoms with E-state index in [-0.39, 0.29) is 5.82 Å². The number of pyridine rings is 1. The lowest BCUT2D eigenvalue weighted by Gasteiger charge is -2.17. The average Bonchev–Trinajstić information content (AvgIpc) is 3.44. The first kappa shape index (κ1) is 19.2. The van der Waals surface area contributed by atoms with Crippen molar-refractivity contribution in [3.63, 3.8) is 0 Å². The van der Waals surface area contributed by atoms with E-state index in [0.29, 0.717) is 11.2 Å². The smallest absolute Gasteiger partial charge is 0.173 e. The Morgan fingerprint density at radius 2 is 2.07 bits per heavy atom. The van der Waals surface area contributed by atoms with Crippen molar-refractivity contribution < 1.29 is 4.39 Å². The van der Waals surface area contributed by atoms with E-state index in [2.05, 4.69) is 34.0 Å². The molecule has 0 bridgehead atoms. The summed E-state index contributed by atoms with van der Waals surface area (Å²) in [7, 11) is 0. The summed E-state index contributed by atoms with van der Waals surface area (Å²) in [5, 5.41) is 6.11. The lowest BCUT2D eigenvalue weighted by atomic mass is 10.2. The molecule has 5 rings (SSSR count). The van der Waals surface area contributed by atoms with Crippen LogP contribution in [0.2, 0.25) is 0 Å². The molecular weight excluding hydrogens is 391 g/mol. The Morgan fingerprint density at radius 1 is 1.18 bits per heavy atom. The maximum atomic E-state index is 14.4. The molecule has 0 saturated carbocycles. The van der Waals surface area contributed by atoms with Gasteiger partial charge in [-0.25, -0.2) is 14.4 Å². The van der Waals surface area contributed by atoms with Gasteiger partial charge in [0, 0.05) is 17.6 Å². The van der Waals surface area contributed by atoms with Gasteiger partial charge in [0.15, 0.2) is 5.82 Å². The zero-order valence-electron chi connectivity index (χ0n) is 16.0. The summed E-state index contributed by atoms with van der Waals surface area (Å²) < 4.78 is 15.2. The number of nitrogens with zero attached hydrogens (tertiary/aromatic N) is 3. The molecule has 1 saturated heterocycles. The highest BCUT2D eigenvalue weighted by Crippen LogP contribution is 2.32. The minimum atomic E-state index is -0.316. The van der Waals surface area contributed by atoms with Crippen molar-refractivity contribution in [1.82, 2.24) is 14.9 Å².